The summed E-state index contributed by atoms with van der Waals surface area (Å²) in [7, 11) is 0. The molecule has 148 valence electrons. The second-order valence-electron chi connectivity index (χ2n) is 5.91. The Bertz CT molecular complexity index is 1200. The Morgan fingerprint density at radius 2 is 2.03 bits per heavy atom. The average Bonchev–Trinajstić information content (AvgIpc) is 3.26. The van der Waals surface area contributed by atoms with Crippen molar-refractivity contribution in [1.82, 2.24) is 19.4 Å². The van der Waals surface area contributed by atoms with Crippen LogP contribution < -0.4 is 10.1 Å². The molecule has 1 N–H and O–H groups in total. The topological polar surface area (TPSA) is 81.4 Å². The number of carbonyl (C=O) groups is 1. The molecule has 0 unspecified atom stereocenters. The predicted octanol–water partition coefficient (Wildman–Crippen LogP) is 4.31. The van der Waals surface area contributed by atoms with Crippen molar-refractivity contribution in [1.29, 1.82) is 0 Å². The maximum atomic E-state index is 12.7. The molecular formula is C18H12F3N5O2S. The van der Waals surface area contributed by atoms with E-state index in [1.165, 1.54) is 46.3 Å². The van der Waals surface area contributed by atoms with Gasteiger partial charge in [-0.3, -0.25) is 10.1 Å². The first kappa shape index (κ1) is 18.9. The number of hydrogen-bond donors (Lipinski definition) is 1. The molecule has 0 aliphatic heterocycles. The number of halogens is 3. The van der Waals surface area contributed by atoms with Gasteiger partial charge in [0.15, 0.2) is 16.5 Å². The van der Waals surface area contributed by atoms with E-state index in [4.69, 9.17) is 0 Å². The lowest BCUT2D eigenvalue weighted by molar-refractivity contribution is -0.274. The van der Waals surface area contributed by atoms with Crippen molar-refractivity contribution < 1.29 is 22.7 Å². The summed E-state index contributed by atoms with van der Waals surface area (Å²) in [6.07, 6.45) is 1.23. The highest BCUT2D eigenvalue weighted by Gasteiger charge is 2.32. The first-order valence-electron chi connectivity index (χ1n) is 8.23. The second-order valence-corrected chi connectivity index (χ2v) is 7.14. The Hall–Kier alpha value is -3.47. The molecule has 3 aromatic heterocycles. The highest BCUT2D eigenvalue weighted by molar-refractivity contribution is 7.15. The van der Waals surface area contributed by atoms with E-state index in [2.05, 4.69) is 25.0 Å². The maximum Gasteiger partial charge on any atom is 0.573 e. The lowest BCUT2D eigenvalue weighted by Crippen LogP contribution is -2.17. The van der Waals surface area contributed by atoms with Gasteiger partial charge in [-0.15, -0.1) is 24.5 Å². The number of anilines is 1. The molecule has 0 bridgehead atoms. The van der Waals surface area contributed by atoms with Gasteiger partial charge in [-0.05, 0) is 19.1 Å². The molecule has 7 nitrogen and oxygen atoms in total. The number of para-hydroxylation sites is 1. The number of nitrogens with one attached hydrogen (secondary N) is 1. The van der Waals surface area contributed by atoms with Crippen molar-refractivity contribution in [2.75, 3.05) is 5.32 Å². The molecule has 11 heteroatoms. The number of aromatic nitrogens is 4. The Balaban J connectivity index is 1.73. The number of aryl methyl sites for hydroxylation is 1. The second kappa shape index (κ2) is 7.17. The summed E-state index contributed by atoms with van der Waals surface area (Å²) in [4.78, 5) is 26.0. The van der Waals surface area contributed by atoms with Crippen LogP contribution in [-0.2, 0) is 0 Å². The quantitative estimate of drug-likeness (QED) is 0.533. The summed E-state index contributed by atoms with van der Waals surface area (Å²) < 4.78 is 43.7. The number of benzene rings is 1. The highest BCUT2D eigenvalue weighted by Crippen LogP contribution is 2.33. The van der Waals surface area contributed by atoms with Gasteiger partial charge < -0.3 is 9.14 Å². The van der Waals surface area contributed by atoms with Crippen molar-refractivity contribution in [3.8, 4) is 17.0 Å². The molecule has 0 aliphatic carbocycles. The fraction of sp³-hybridized carbons (Fsp3) is 0.111. The molecule has 29 heavy (non-hydrogen) atoms. The van der Waals surface area contributed by atoms with Gasteiger partial charge in [0.05, 0.1) is 5.69 Å². The molecule has 0 spiro atoms. The number of imidazole rings is 1. The monoisotopic (exact) mass is 419 g/mol. The molecule has 4 aromatic rings. The number of nitrogens with zero attached hydrogens (tertiary/aromatic N) is 4. The van der Waals surface area contributed by atoms with E-state index >= 15 is 0 Å². The van der Waals surface area contributed by atoms with Crippen LogP contribution in [0.15, 0.2) is 49.1 Å². The predicted molar refractivity (Wildman–Crippen MR) is 99.9 cm³/mol. The van der Waals surface area contributed by atoms with Gasteiger partial charge in [0.1, 0.15) is 5.75 Å². The number of alkyl halides is 3. The van der Waals surface area contributed by atoms with Gasteiger partial charge in [0.2, 0.25) is 0 Å². The van der Waals surface area contributed by atoms with Gasteiger partial charge >= 0.3 is 6.36 Å². The summed E-state index contributed by atoms with van der Waals surface area (Å²) >= 11 is 1.30. The number of carbonyl (C=O) groups excluding carboxylic acids is 1. The molecule has 0 radical (unpaired) electrons. The van der Waals surface area contributed by atoms with E-state index in [1.54, 1.807) is 18.5 Å². The first-order valence-corrected chi connectivity index (χ1v) is 9.04. The Morgan fingerprint density at radius 1 is 1.24 bits per heavy atom. The molecule has 0 aliphatic rings. The number of hydrogen-bond acceptors (Lipinski definition) is 6. The summed E-state index contributed by atoms with van der Waals surface area (Å²) in [5.41, 5.74) is 0.545. The third-order valence-electron chi connectivity index (χ3n) is 3.82. The lowest BCUT2D eigenvalue weighted by Gasteiger charge is -2.11. The van der Waals surface area contributed by atoms with E-state index in [-0.39, 0.29) is 28.3 Å². The molecule has 0 fully saturated rings. The summed E-state index contributed by atoms with van der Waals surface area (Å²) in [5, 5.41) is 3.05. The van der Waals surface area contributed by atoms with E-state index in [9.17, 15) is 18.0 Å². The Labute approximate surface area is 165 Å². The van der Waals surface area contributed by atoms with Crippen LogP contribution in [0.5, 0.6) is 5.75 Å². The Kier molecular flexibility index (Phi) is 4.66. The first-order chi connectivity index (χ1) is 13.8. The van der Waals surface area contributed by atoms with Crippen molar-refractivity contribution in [2.24, 2.45) is 0 Å². The van der Waals surface area contributed by atoms with Crippen LogP contribution in [0.25, 0.3) is 16.9 Å². The molecule has 1 aromatic carbocycles. The van der Waals surface area contributed by atoms with Gasteiger partial charge in [0.25, 0.3) is 5.91 Å². The highest BCUT2D eigenvalue weighted by atomic mass is 32.1. The smallest absolute Gasteiger partial charge is 0.405 e. The lowest BCUT2D eigenvalue weighted by atomic mass is 10.1. The van der Waals surface area contributed by atoms with Crippen molar-refractivity contribution in [3.63, 3.8) is 0 Å². The fourth-order valence-electron chi connectivity index (χ4n) is 2.67. The minimum atomic E-state index is -4.84. The Morgan fingerprint density at radius 3 is 2.76 bits per heavy atom. The third kappa shape index (κ3) is 4.04. The zero-order chi connectivity index (χ0) is 20.6. The van der Waals surface area contributed by atoms with Gasteiger partial charge in [-0.25, -0.2) is 15.0 Å². The third-order valence-corrected chi connectivity index (χ3v) is 4.65. The van der Waals surface area contributed by atoms with Gasteiger partial charge in [-0.1, -0.05) is 12.1 Å². The largest absolute Gasteiger partial charge is 0.573 e. The molecular weight excluding hydrogens is 407 g/mol. The van der Waals surface area contributed by atoms with Gasteiger partial charge in [-0.2, -0.15) is 0 Å². The van der Waals surface area contributed by atoms with E-state index in [0.29, 0.717) is 5.13 Å². The summed E-state index contributed by atoms with van der Waals surface area (Å²) in [6, 6.07) is 5.65. The fourth-order valence-corrected chi connectivity index (χ4v) is 3.33. The van der Waals surface area contributed by atoms with Crippen molar-refractivity contribution >= 4 is 28.0 Å². The summed E-state index contributed by atoms with van der Waals surface area (Å²) in [6.45, 7) is 1.85. The van der Waals surface area contributed by atoms with Crippen LogP contribution in [0.1, 0.15) is 15.4 Å². The van der Waals surface area contributed by atoms with Crippen LogP contribution >= 0.6 is 11.3 Å². The van der Waals surface area contributed by atoms with Crippen LogP contribution in [0.2, 0.25) is 0 Å². The molecule has 3 heterocycles. The van der Waals surface area contributed by atoms with Gasteiger partial charge in [0, 0.05) is 35.2 Å². The number of rotatable bonds is 4. The molecule has 0 atom stereocenters. The zero-order valence-electron chi connectivity index (χ0n) is 14.8. The van der Waals surface area contributed by atoms with E-state index < -0.39 is 12.3 Å². The minimum Gasteiger partial charge on any atom is -0.405 e. The number of thiazole rings is 1. The molecule has 0 saturated carbocycles. The van der Waals surface area contributed by atoms with Crippen LogP contribution in [-0.4, -0.2) is 31.6 Å². The zero-order valence-corrected chi connectivity index (χ0v) is 15.6. The van der Waals surface area contributed by atoms with Crippen LogP contribution in [0.3, 0.4) is 0 Å². The number of fused-ring (bicyclic) bond motifs is 1. The normalized spacial score (nSPS) is 11.6. The SMILES string of the molecule is Cc1cnc(NC(=O)c2nccn3cc(-c4ccccc4OC(F)(F)F)nc23)s1. The van der Waals surface area contributed by atoms with E-state index in [1.807, 2.05) is 6.92 Å². The van der Waals surface area contributed by atoms with E-state index in [0.717, 1.165) is 4.88 Å². The number of ether oxygens (including phenoxy) is 1. The summed E-state index contributed by atoms with van der Waals surface area (Å²) in [5.74, 6) is -0.914. The van der Waals surface area contributed by atoms with Crippen molar-refractivity contribution in [2.45, 2.75) is 13.3 Å². The standard InChI is InChI=1S/C18H12F3N5O2S/c1-10-8-23-17(29-10)25-16(27)14-15-24-12(9-26(15)7-6-22-14)11-4-2-3-5-13(11)28-18(19,20)21/h2-9H,1H3,(H,23,25,27). The van der Waals surface area contributed by atoms with Crippen LogP contribution in [0, 0.1) is 6.92 Å². The molecule has 4 rings (SSSR count). The minimum absolute atomic E-state index is 0.0147. The average molecular weight is 419 g/mol. The molecule has 1 amide bonds. The number of amides is 1. The van der Waals surface area contributed by atoms with Crippen molar-refractivity contribution in [3.05, 3.63) is 59.6 Å². The molecule has 0 saturated heterocycles. The maximum absolute atomic E-state index is 12.7. The van der Waals surface area contributed by atoms with Crippen LogP contribution in [0.4, 0.5) is 18.3 Å².